The lowest BCUT2D eigenvalue weighted by Crippen LogP contribution is -2.40. The average Bonchev–Trinajstić information content (AvgIpc) is 3.62. The predicted molar refractivity (Wildman–Crippen MR) is 145 cm³/mol. The third-order valence-corrected chi connectivity index (χ3v) is 8.66. The van der Waals surface area contributed by atoms with Crippen LogP contribution in [0, 0.1) is 0 Å². The van der Waals surface area contributed by atoms with Crippen molar-refractivity contribution in [2.45, 2.75) is 36.2 Å². The van der Waals surface area contributed by atoms with Gasteiger partial charge in [-0.15, -0.1) is 23.1 Å². The zero-order valence-electron chi connectivity index (χ0n) is 20.6. The van der Waals surface area contributed by atoms with Gasteiger partial charge in [-0.05, 0) is 43.4 Å². The van der Waals surface area contributed by atoms with Crippen LogP contribution >= 0.6 is 34.7 Å². The number of ether oxygens (including phenoxy) is 2. The van der Waals surface area contributed by atoms with Gasteiger partial charge in [0, 0.05) is 52.5 Å². The van der Waals surface area contributed by atoms with Crippen molar-refractivity contribution in [2.75, 3.05) is 33.1 Å². The van der Waals surface area contributed by atoms with Crippen LogP contribution in [0.1, 0.15) is 47.5 Å². The average molecular weight is 559 g/mol. The molecular formula is C26H27ClN4O4S2. The Morgan fingerprint density at radius 1 is 1.27 bits per heavy atom. The van der Waals surface area contributed by atoms with Crippen LogP contribution in [0.4, 0.5) is 0 Å². The quantitative estimate of drug-likeness (QED) is 0.334. The van der Waals surface area contributed by atoms with E-state index in [1.54, 1.807) is 48.5 Å². The van der Waals surface area contributed by atoms with Crippen LogP contribution in [0.15, 0.2) is 52.0 Å². The highest BCUT2D eigenvalue weighted by Crippen LogP contribution is 2.40. The fourth-order valence-electron chi connectivity index (χ4n) is 4.54. The van der Waals surface area contributed by atoms with E-state index in [4.69, 9.17) is 30.9 Å². The van der Waals surface area contributed by atoms with Gasteiger partial charge >= 0.3 is 0 Å². The standard InChI is InChI=1S/C26H27ClN4O4S2/c1-33-20-6-4-10-28-25(20)34-14-23(32)31-11-8-16(9-12-31)26-29-19(15-37-26)18-13-21(35-30-18)24-17(27)5-3-7-22(24)36-2/h3-7,10,15-16,21H,8-9,11-14H2,1-2H3. The second-order valence-electron chi connectivity index (χ2n) is 8.72. The molecule has 1 saturated heterocycles. The Labute approximate surface area is 229 Å². The Bertz CT molecular complexity index is 1290. The van der Waals surface area contributed by atoms with E-state index >= 15 is 0 Å². The lowest BCUT2D eigenvalue weighted by Gasteiger charge is -2.31. The van der Waals surface area contributed by atoms with Gasteiger partial charge in [-0.3, -0.25) is 4.79 Å². The van der Waals surface area contributed by atoms with Crippen molar-refractivity contribution in [3.05, 3.63) is 63.2 Å². The second kappa shape index (κ2) is 11.7. The van der Waals surface area contributed by atoms with E-state index in [1.165, 1.54) is 0 Å². The molecule has 3 aromatic rings. The number of likely N-dealkylation sites (tertiary alicyclic amines) is 1. The Kier molecular flexibility index (Phi) is 8.17. The van der Waals surface area contributed by atoms with E-state index in [0.717, 1.165) is 39.7 Å². The number of methoxy groups -OCH3 is 1. The van der Waals surface area contributed by atoms with E-state index in [0.29, 0.717) is 42.1 Å². The lowest BCUT2D eigenvalue weighted by molar-refractivity contribution is -0.134. The molecule has 1 unspecified atom stereocenters. The molecule has 2 aliphatic heterocycles. The number of rotatable bonds is 8. The molecule has 1 fully saturated rings. The summed E-state index contributed by atoms with van der Waals surface area (Å²) in [4.78, 5) is 30.4. The Hall–Kier alpha value is -2.82. The molecule has 0 N–H and O–H groups in total. The smallest absolute Gasteiger partial charge is 0.260 e. The van der Waals surface area contributed by atoms with Crippen molar-refractivity contribution in [1.82, 2.24) is 14.9 Å². The number of pyridine rings is 1. The number of piperidine rings is 1. The van der Waals surface area contributed by atoms with Crippen LogP contribution in [0.3, 0.4) is 0 Å². The number of aromatic nitrogens is 2. The molecule has 0 saturated carbocycles. The summed E-state index contributed by atoms with van der Waals surface area (Å²) in [6.45, 7) is 1.26. The molecule has 0 spiro atoms. The molecule has 11 heteroatoms. The summed E-state index contributed by atoms with van der Waals surface area (Å²) in [7, 11) is 1.55. The minimum absolute atomic E-state index is 0.0568. The minimum atomic E-state index is -0.209. The molecule has 0 bridgehead atoms. The number of benzene rings is 1. The van der Waals surface area contributed by atoms with E-state index in [2.05, 4.69) is 10.1 Å². The van der Waals surface area contributed by atoms with Crippen molar-refractivity contribution >= 4 is 46.3 Å². The first-order valence-corrected chi connectivity index (χ1v) is 14.5. The Balaban J connectivity index is 1.14. The van der Waals surface area contributed by atoms with Crippen molar-refractivity contribution in [2.24, 2.45) is 5.16 Å². The van der Waals surface area contributed by atoms with Crippen LogP contribution in [0.25, 0.3) is 0 Å². The number of halogens is 1. The summed E-state index contributed by atoms with van der Waals surface area (Å²) in [6, 6.07) is 9.39. The molecule has 2 aliphatic rings. The number of hydrogen-bond donors (Lipinski definition) is 0. The Morgan fingerprint density at radius 2 is 2.11 bits per heavy atom. The van der Waals surface area contributed by atoms with Gasteiger partial charge in [-0.25, -0.2) is 9.97 Å². The normalized spacial score (nSPS) is 17.9. The molecule has 2 aromatic heterocycles. The van der Waals surface area contributed by atoms with Gasteiger partial charge in [-0.1, -0.05) is 22.8 Å². The fraction of sp³-hybridized carbons (Fsp3) is 0.385. The van der Waals surface area contributed by atoms with Crippen LogP contribution in [-0.2, 0) is 9.63 Å². The molecule has 0 radical (unpaired) electrons. The van der Waals surface area contributed by atoms with Gasteiger partial charge < -0.3 is 19.2 Å². The molecule has 1 aromatic carbocycles. The minimum Gasteiger partial charge on any atom is -0.491 e. The highest BCUT2D eigenvalue weighted by atomic mass is 35.5. The van der Waals surface area contributed by atoms with Gasteiger partial charge in [0.05, 0.1) is 17.8 Å². The molecule has 1 amide bonds. The number of hydrogen-bond acceptors (Lipinski definition) is 9. The third kappa shape index (κ3) is 5.71. The monoisotopic (exact) mass is 558 g/mol. The largest absolute Gasteiger partial charge is 0.491 e. The highest BCUT2D eigenvalue weighted by Gasteiger charge is 2.31. The number of nitrogens with zero attached hydrogens (tertiary/aromatic N) is 4. The lowest BCUT2D eigenvalue weighted by atomic mass is 9.97. The molecule has 8 nitrogen and oxygen atoms in total. The first-order valence-electron chi connectivity index (χ1n) is 12.0. The van der Waals surface area contributed by atoms with Gasteiger partial charge in [0.2, 0.25) is 0 Å². The number of carbonyl (C=O) groups is 1. The summed E-state index contributed by atoms with van der Waals surface area (Å²) >= 11 is 9.78. The highest BCUT2D eigenvalue weighted by molar-refractivity contribution is 7.98. The molecule has 0 aliphatic carbocycles. The van der Waals surface area contributed by atoms with Crippen molar-refractivity contribution in [1.29, 1.82) is 0 Å². The molecule has 5 rings (SSSR count). The van der Waals surface area contributed by atoms with Crippen molar-refractivity contribution in [3.8, 4) is 11.6 Å². The maximum absolute atomic E-state index is 12.7. The summed E-state index contributed by atoms with van der Waals surface area (Å²) in [5.41, 5.74) is 2.68. The first kappa shape index (κ1) is 25.8. The van der Waals surface area contributed by atoms with Crippen molar-refractivity contribution < 1.29 is 19.1 Å². The SMILES string of the molecule is COc1cccnc1OCC(=O)N1CCC(c2nc(C3=NOC(c4c(Cl)cccc4SC)C3)cs2)CC1. The molecule has 37 heavy (non-hydrogen) atoms. The predicted octanol–water partition coefficient (Wildman–Crippen LogP) is 5.57. The number of carbonyl (C=O) groups excluding carboxylic acids is 1. The van der Waals surface area contributed by atoms with Gasteiger partial charge in [-0.2, -0.15) is 0 Å². The van der Waals surface area contributed by atoms with Crippen LogP contribution < -0.4 is 9.47 Å². The Morgan fingerprint density at radius 3 is 2.89 bits per heavy atom. The molecule has 194 valence electrons. The summed E-state index contributed by atoms with van der Waals surface area (Å²) < 4.78 is 10.8. The van der Waals surface area contributed by atoms with Crippen LogP contribution in [0.2, 0.25) is 5.02 Å². The summed E-state index contributed by atoms with van der Waals surface area (Å²) in [6.07, 6.45) is 5.77. The first-order chi connectivity index (χ1) is 18.1. The van der Waals surface area contributed by atoms with E-state index in [1.807, 2.05) is 34.7 Å². The van der Waals surface area contributed by atoms with Gasteiger partial charge in [0.25, 0.3) is 11.8 Å². The third-order valence-electron chi connectivity index (χ3n) is 6.53. The number of thiazole rings is 1. The van der Waals surface area contributed by atoms with Gasteiger partial charge in [0.15, 0.2) is 18.5 Å². The number of amides is 1. The second-order valence-corrected chi connectivity index (χ2v) is 10.9. The molecule has 1 atom stereocenters. The zero-order chi connectivity index (χ0) is 25.8. The number of oxime groups is 1. The molecular weight excluding hydrogens is 532 g/mol. The number of thioether (sulfide) groups is 1. The zero-order valence-corrected chi connectivity index (χ0v) is 22.9. The van der Waals surface area contributed by atoms with E-state index < -0.39 is 0 Å². The molecule has 4 heterocycles. The van der Waals surface area contributed by atoms with E-state index in [-0.39, 0.29) is 18.6 Å². The van der Waals surface area contributed by atoms with Crippen LogP contribution in [0.5, 0.6) is 11.6 Å². The maximum atomic E-state index is 12.7. The van der Waals surface area contributed by atoms with Gasteiger partial charge in [0.1, 0.15) is 5.71 Å². The fourth-order valence-corrected chi connectivity index (χ4v) is 6.56. The van der Waals surface area contributed by atoms with E-state index in [9.17, 15) is 4.79 Å². The van der Waals surface area contributed by atoms with Crippen molar-refractivity contribution in [3.63, 3.8) is 0 Å². The summed E-state index contributed by atoms with van der Waals surface area (Å²) in [5.74, 6) is 1.08. The van der Waals surface area contributed by atoms with Crippen LogP contribution in [-0.4, -0.2) is 59.5 Å². The maximum Gasteiger partial charge on any atom is 0.260 e. The topological polar surface area (TPSA) is 86.1 Å². The summed E-state index contributed by atoms with van der Waals surface area (Å²) in [5, 5.41) is 8.16.